The monoisotopic (exact) mass is 187 g/mol. The molecule has 0 bridgehead atoms. The van der Waals surface area contributed by atoms with Gasteiger partial charge in [0.25, 0.3) is 0 Å². The van der Waals surface area contributed by atoms with Crippen LogP contribution in [0.5, 0.6) is 0 Å². The molecular weight excluding hydrogens is 172 g/mol. The number of hydrogen-bond acceptors (Lipinski definition) is 4. The maximum atomic E-state index is 10.8. The van der Waals surface area contributed by atoms with Gasteiger partial charge in [-0.05, 0) is 12.1 Å². The third kappa shape index (κ3) is 3.27. The molecule has 1 unspecified atom stereocenters. The van der Waals surface area contributed by atoms with Crippen molar-refractivity contribution < 1.29 is 23.2 Å². The van der Waals surface area contributed by atoms with E-state index >= 15 is 0 Å². The SMILES string of the molecule is [2H]C1=C[C@H](OC(C)=O)C([2H])[C@]1([2H])OC(C)=O. The molecule has 0 N–H and O–H groups in total. The van der Waals surface area contributed by atoms with E-state index < -0.39 is 30.5 Å². The van der Waals surface area contributed by atoms with E-state index in [1.54, 1.807) is 0 Å². The molecule has 0 amide bonds. The molecule has 4 nitrogen and oxygen atoms in total. The van der Waals surface area contributed by atoms with Gasteiger partial charge in [0.05, 0.1) is 2.74 Å². The molecule has 0 saturated heterocycles. The van der Waals surface area contributed by atoms with Crippen molar-refractivity contribution in [3.8, 4) is 0 Å². The van der Waals surface area contributed by atoms with E-state index in [1.807, 2.05) is 0 Å². The van der Waals surface area contributed by atoms with Gasteiger partial charge in [0.1, 0.15) is 12.2 Å². The lowest BCUT2D eigenvalue weighted by Crippen LogP contribution is -2.17. The van der Waals surface area contributed by atoms with Crippen molar-refractivity contribution in [3.63, 3.8) is 0 Å². The molecule has 0 aromatic rings. The van der Waals surface area contributed by atoms with E-state index in [2.05, 4.69) is 4.74 Å². The van der Waals surface area contributed by atoms with Crippen LogP contribution in [0.4, 0.5) is 0 Å². The maximum absolute atomic E-state index is 10.8. The van der Waals surface area contributed by atoms with E-state index in [0.717, 1.165) is 13.0 Å². The smallest absolute Gasteiger partial charge is 0.303 e. The van der Waals surface area contributed by atoms with E-state index in [4.69, 9.17) is 8.85 Å². The molecule has 3 atom stereocenters. The zero-order chi connectivity index (χ0) is 12.5. The minimum absolute atomic E-state index is 0.353. The second-order valence-electron chi connectivity index (χ2n) is 2.51. The summed E-state index contributed by atoms with van der Waals surface area (Å²) in [6.07, 6.45) is -3.32. The predicted molar refractivity (Wildman–Crippen MR) is 44.9 cm³/mol. The highest BCUT2D eigenvalue weighted by Gasteiger charge is 2.22. The fourth-order valence-electron chi connectivity index (χ4n) is 0.888. The van der Waals surface area contributed by atoms with Crippen molar-refractivity contribution in [2.24, 2.45) is 0 Å². The molecule has 0 heterocycles. The maximum Gasteiger partial charge on any atom is 0.303 e. The van der Waals surface area contributed by atoms with Crippen molar-refractivity contribution in [2.75, 3.05) is 0 Å². The molecular formula is C9H12O4. The van der Waals surface area contributed by atoms with Crippen molar-refractivity contribution in [2.45, 2.75) is 32.4 Å². The van der Waals surface area contributed by atoms with Crippen LogP contribution in [-0.4, -0.2) is 24.1 Å². The van der Waals surface area contributed by atoms with Gasteiger partial charge in [0.15, 0.2) is 0 Å². The highest BCUT2D eigenvalue weighted by Crippen LogP contribution is 2.17. The Bertz CT molecular complexity index is 355. The summed E-state index contributed by atoms with van der Waals surface area (Å²) in [4.78, 5) is 21.5. The second kappa shape index (κ2) is 4.07. The molecule has 4 heteroatoms. The van der Waals surface area contributed by atoms with E-state index in [9.17, 15) is 9.59 Å². The summed E-state index contributed by atoms with van der Waals surface area (Å²) in [5.41, 5.74) is 0. The van der Waals surface area contributed by atoms with Crippen molar-refractivity contribution in [3.05, 3.63) is 12.1 Å². The lowest BCUT2D eigenvalue weighted by atomic mass is 10.3. The van der Waals surface area contributed by atoms with Crippen LogP contribution in [0.2, 0.25) is 0 Å². The molecule has 0 spiro atoms. The van der Waals surface area contributed by atoms with E-state index in [1.165, 1.54) is 6.92 Å². The van der Waals surface area contributed by atoms with Gasteiger partial charge >= 0.3 is 11.9 Å². The molecule has 1 aliphatic carbocycles. The average molecular weight is 187 g/mol. The van der Waals surface area contributed by atoms with Crippen LogP contribution < -0.4 is 0 Å². The Morgan fingerprint density at radius 2 is 2.15 bits per heavy atom. The molecule has 0 radical (unpaired) electrons. The Kier molecular flexibility index (Phi) is 1.94. The minimum atomic E-state index is -2.09. The quantitative estimate of drug-likeness (QED) is 0.474. The van der Waals surface area contributed by atoms with Crippen molar-refractivity contribution in [1.82, 2.24) is 0 Å². The molecule has 0 aromatic carbocycles. The van der Waals surface area contributed by atoms with E-state index in [0.29, 0.717) is 0 Å². The van der Waals surface area contributed by atoms with E-state index in [-0.39, 0.29) is 6.05 Å². The van der Waals surface area contributed by atoms with Crippen LogP contribution in [0.1, 0.15) is 24.4 Å². The molecule has 72 valence electrons. The van der Waals surface area contributed by atoms with Gasteiger partial charge in [-0.2, -0.15) is 0 Å². The normalized spacial score (nSPS) is 41.1. The average Bonchev–Trinajstić information content (AvgIpc) is 2.29. The van der Waals surface area contributed by atoms with Crippen molar-refractivity contribution >= 4 is 11.9 Å². The largest absolute Gasteiger partial charge is 0.458 e. The van der Waals surface area contributed by atoms with Crippen LogP contribution in [0, 0.1) is 0 Å². The summed E-state index contributed by atoms with van der Waals surface area (Å²) < 4.78 is 32.2. The lowest BCUT2D eigenvalue weighted by Gasteiger charge is -2.11. The van der Waals surface area contributed by atoms with Crippen LogP contribution in [0.15, 0.2) is 12.1 Å². The second-order valence-corrected chi connectivity index (χ2v) is 2.51. The summed E-state index contributed by atoms with van der Waals surface area (Å²) in [6.45, 7) is 2.26. The molecule has 0 saturated carbocycles. The minimum Gasteiger partial charge on any atom is -0.458 e. The fraction of sp³-hybridized carbons (Fsp3) is 0.556. The molecule has 13 heavy (non-hydrogen) atoms. The fourth-order valence-corrected chi connectivity index (χ4v) is 0.888. The van der Waals surface area contributed by atoms with Crippen LogP contribution in [-0.2, 0) is 19.1 Å². The number of esters is 2. The van der Waals surface area contributed by atoms with Crippen LogP contribution in [0.3, 0.4) is 0 Å². The number of rotatable bonds is 2. The third-order valence-electron chi connectivity index (χ3n) is 1.26. The van der Waals surface area contributed by atoms with Crippen LogP contribution >= 0.6 is 0 Å². The standard InChI is InChI=1S/C9H12O4/c1-6(10)12-8-3-4-9(5-8)13-7(2)11/h3-4,8-9H,5H2,1-2H3/t8-,9+/i3D,5D,8D/t5?,8-,9+/m1/s1. The Labute approximate surface area is 80.7 Å². The number of carbonyl (C=O) groups excluding carboxylic acids is 2. The first-order valence-electron chi connectivity index (χ1n) is 5.33. The Balaban J connectivity index is 2.88. The predicted octanol–water partition coefficient (Wildman–Crippen LogP) is 0.810. The van der Waals surface area contributed by atoms with Crippen LogP contribution in [0.25, 0.3) is 0 Å². The Morgan fingerprint density at radius 3 is 2.69 bits per heavy atom. The Hall–Kier alpha value is -1.32. The first kappa shape index (κ1) is 6.18. The van der Waals surface area contributed by atoms with Crippen molar-refractivity contribution in [1.29, 1.82) is 0 Å². The first-order valence-corrected chi connectivity index (χ1v) is 3.75. The molecule has 0 aromatic heterocycles. The first-order chi connectivity index (χ1) is 7.27. The molecule has 1 aliphatic rings. The summed E-state index contributed by atoms with van der Waals surface area (Å²) >= 11 is 0. The van der Waals surface area contributed by atoms with Gasteiger partial charge in [-0.15, -0.1) is 0 Å². The Morgan fingerprint density at radius 1 is 1.54 bits per heavy atom. The topological polar surface area (TPSA) is 52.6 Å². The highest BCUT2D eigenvalue weighted by atomic mass is 16.6. The summed E-state index contributed by atoms with van der Waals surface area (Å²) in [5, 5.41) is 0. The number of carbonyl (C=O) groups is 2. The molecule has 0 fully saturated rings. The third-order valence-corrected chi connectivity index (χ3v) is 1.26. The van der Waals surface area contributed by atoms with Gasteiger partial charge in [-0.25, -0.2) is 0 Å². The highest BCUT2D eigenvalue weighted by molar-refractivity contribution is 5.67. The summed E-state index contributed by atoms with van der Waals surface area (Å²) in [6, 6.07) is -0.353. The van der Waals surface area contributed by atoms with Gasteiger partial charge in [0.2, 0.25) is 0 Å². The number of ether oxygens (including phenoxy) is 2. The lowest BCUT2D eigenvalue weighted by molar-refractivity contribution is -0.147. The zero-order valence-corrected chi connectivity index (χ0v) is 7.37. The summed E-state index contributed by atoms with van der Waals surface area (Å²) in [5.74, 6) is -1.37. The summed E-state index contributed by atoms with van der Waals surface area (Å²) in [7, 11) is 0. The van der Waals surface area contributed by atoms with Gasteiger partial charge in [-0.3, -0.25) is 9.59 Å². The zero-order valence-electron chi connectivity index (χ0n) is 10.4. The molecule has 0 aliphatic heterocycles. The molecule has 1 rings (SSSR count). The van der Waals surface area contributed by atoms with Gasteiger partial charge < -0.3 is 9.47 Å². The number of hydrogen-bond donors (Lipinski definition) is 0. The van der Waals surface area contributed by atoms with Gasteiger partial charge in [-0.1, -0.05) is 0 Å². The van der Waals surface area contributed by atoms with Gasteiger partial charge in [0, 0.05) is 21.6 Å².